The number of hydrogen-bond acceptors (Lipinski definition) is 4. The Morgan fingerprint density at radius 3 is 3.12 bits per heavy atom. The van der Waals surface area contributed by atoms with Crippen LogP contribution in [0.25, 0.3) is 5.65 Å². The van der Waals surface area contributed by atoms with Gasteiger partial charge in [-0.25, -0.2) is 9.50 Å². The molecule has 1 unspecified atom stereocenters. The highest BCUT2D eigenvalue weighted by atomic mass is 16.4. The molecule has 2 aromatic heterocycles. The van der Waals surface area contributed by atoms with Crippen LogP contribution in [0.1, 0.15) is 6.42 Å². The quantitative estimate of drug-likeness (QED) is 0.822. The maximum absolute atomic E-state index is 10.9. The molecule has 1 aliphatic heterocycles. The molecule has 3 rings (SSSR count). The van der Waals surface area contributed by atoms with Crippen LogP contribution in [-0.4, -0.2) is 38.8 Å². The monoisotopic (exact) mass is 232 g/mol. The molecule has 0 aliphatic carbocycles. The second-order valence-electron chi connectivity index (χ2n) is 4.19. The van der Waals surface area contributed by atoms with Crippen molar-refractivity contribution in [2.45, 2.75) is 6.42 Å². The van der Waals surface area contributed by atoms with Crippen molar-refractivity contribution in [1.82, 2.24) is 14.6 Å². The molecule has 1 saturated heterocycles. The molecule has 0 radical (unpaired) electrons. The lowest BCUT2D eigenvalue weighted by Crippen LogP contribution is -2.23. The maximum Gasteiger partial charge on any atom is 0.308 e. The molecule has 1 atom stereocenters. The Labute approximate surface area is 97.5 Å². The summed E-state index contributed by atoms with van der Waals surface area (Å²) >= 11 is 0. The normalized spacial score (nSPS) is 20.0. The van der Waals surface area contributed by atoms with Crippen LogP contribution in [0.3, 0.4) is 0 Å². The van der Waals surface area contributed by atoms with Crippen LogP contribution in [0.4, 0.5) is 5.82 Å². The van der Waals surface area contributed by atoms with Crippen molar-refractivity contribution in [2.75, 3.05) is 18.0 Å². The first kappa shape index (κ1) is 10.1. The lowest BCUT2D eigenvalue weighted by molar-refractivity contribution is -0.140. The van der Waals surface area contributed by atoms with Gasteiger partial charge in [0, 0.05) is 25.4 Å². The molecular weight excluding hydrogens is 220 g/mol. The second-order valence-corrected chi connectivity index (χ2v) is 4.19. The Bertz CT molecular complexity index is 565. The van der Waals surface area contributed by atoms with Gasteiger partial charge < -0.3 is 10.0 Å². The van der Waals surface area contributed by atoms with Gasteiger partial charge in [-0.1, -0.05) is 0 Å². The highest BCUT2D eigenvalue weighted by molar-refractivity contribution is 5.72. The average molecular weight is 232 g/mol. The third-order valence-corrected chi connectivity index (χ3v) is 3.10. The zero-order valence-electron chi connectivity index (χ0n) is 9.15. The molecule has 0 aromatic carbocycles. The van der Waals surface area contributed by atoms with Crippen LogP contribution in [0.5, 0.6) is 0 Å². The van der Waals surface area contributed by atoms with Gasteiger partial charge in [-0.3, -0.25) is 4.79 Å². The van der Waals surface area contributed by atoms with Crippen LogP contribution in [0, 0.1) is 5.92 Å². The third kappa shape index (κ3) is 1.71. The highest BCUT2D eigenvalue weighted by Gasteiger charge is 2.28. The molecule has 0 saturated carbocycles. The summed E-state index contributed by atoms with van der Waals surface area (Å²) in [5.41, 5.74) is 0.779. The zero-order chi connectivity index (χ0) is 11.8. The van der Waals surface area contributed by atoms with E-state index in [-0.39, 0.29) is 5.92 Å². The van der Waals surface area contributed by atoms with Gasteiger partial charge in [0.25, 0.3) is 0 Å². The summed E-state index contributed by atoms with van der Waals surface area (Å²) < 4.78 is 1.69. The molecule has 1 N–H and O–H groups in total. The summed E-state index contributed by atoms with van der Waals surface area (Å²) in [7, 11) is 0. The van der Waals surface area contributed by atoms with E-state index in [9.17, 15) is 4.79 Å². The van der Waals surface area contributed by atoms with Crippen molar-refractivity contribution >= 4 is 17.4 Å². The van der Waals surface area contributed by atoms with Gasteiger partial charge in [0.15, 0.2) is 5.65 Å². The minimum Gasteiger partial charge on any atom is -0.481 e. The standard InChI is InChI=1S/C11H12N4O2/c16-11(17)8-2-5-14(7-8)9-3-6-15-10(13-9)1-4-12-15/h1,3-4,6,8H,2,5,7H2,(H,16,17). The lowest BCUT2D eigenvalue weighted by atomic mass is 10.1. The van der Waals surface area contributed by atoms with E-state index in [0.717, 1.165) is 18.0 Å². The van der Waals surface area contributed by atoms with Crippen molar-refractivity contribution in [3.63, 3.8) is 0 Å². The maximum atomic E-state index is 10.9. The molecule has 6 nitrogen and oxygen atoms in total. The van der Waals surface area contributed by atoms with Crippen LogP contribution in [0.15, 0.2) is 24.5 Å². The van der Waals surface area contributed by atoms with Gasteiger partial charge in [0.2, 0.25) is 0 Å². The van der Waals surface area contributed by atoms with Crippen LogP contribution in [-0.2, 0) is 4.79 Å². The molecule has 17 heavy (non-hydrogen) atoms. The van der Waals surface area contributed by atoms with Gasteiger partial charge >= 0.3 is 5.97 Å². The first-order chi connectivity index (χ1) is 8.24. The van der Waals surface area contributed by atoms with Crippen molar-refractivity contribution in [1.29, 1.82) is 0 Å². The predicted octanol–water partition coefficient (Wildman–Crippen LogP) is 0.640. The molecule has 0 amide bonds. The molecule has 3 heterocycles. The number of rotatable bonds is 2. The molecule has 0 spiro atoms. The molecule has 2 aromatic rings. The number of carbonyl (C=O) groups is 1. The number of carboxylic acid groups (broad SMARTS) is 1. The predicted molar refractivity (Wildman–Crippen MR) is 60.9 cm³/mol. The van der Waals surface area contributed by atoms with Crippen LogP contribution in [0.2, 0.25) is 0 Å². The molecule has 0 bridgehead atoms. The fourth-order valence-corrected chi connectivity index (χ4v) is 2.15. The smallest absolute Gasteiger partial charge is 0.308 e. The SMILES string of the molecule is O=C(O)C1CCN(c2ccn3nccc3n2)C1. The summed E-state index contributed by atoms with van der Waals surface area (Å²) in [6.07, 6.45) is 4.21. The van der Waals surface area contributed by atoms with Crippen molar-refractivity contribution in [3.05, 3.63) is 24.5 Å². The highest BCUT2D eigenvalue weighted by Crippen LogP contribution is 2.22. The van der Waals surface area contributed by atoms with E-state index < -0.39 is 5.97 Å². The van der Waals surface area contributed by atoms with Crippen molar-refractivity contribution in [3.8, 4) is 0 Å². The molecule has 88 valence electrons. The minimum atomic E-state index is -0.724. The lowest BCUT2D eigenvalue weighted by Gasteiger charge is -2.16. The van der Waals surface area contributed by atoms with E-state index in [0.29, 0.717) is 13.0 Å². The molecule has 1 fully saturated rings. The summed E-state index contributed by atoms with van der Waals surface area (Å²) in [6.45, 7) is 1.28. The summed E-state index contributed by atoms with van der Waals surface area (Å²) in [5.74, 6) is -0.183. The van der Waals surface area contributed by atoms with Gasteiger partial charge in [-0.05, 0) is 12.5 Å². The van der Waals surface area contributed by atoms with Crippen LogP contribution < -0.4 is 4.90 Å². The Kier molecular flexibility index (Phi) is 2.21. The van der Waals surface area contributed by atoms with E-state index in [1.807, 2.05) is 23.2 Å². The molecular formula is C11H12N4O2. The fourth-order valence-electron chi connectivity index (χ4n) is 2.15. The Hall–Kier alpha value is -2.11. The first-order valence-corrected chi connectivity index (χ1v) is 5.52. The van der Waals surface area contributed by atoms with Gasteiger partial charge in [0.1, 0.15) is 5.82 Å². The summed E-state index contributed by atoms with van der Waals surface area (Å²) in [4.78, 5) is 17.3. The molecule has 6 heteroatoms. The number of carboxylic acids is 1. The van der Waals surface area contributed by atoms with Crippen molar-refractivity contribution < 1.29 is 9.90 Å². The second kappa shape index (κ2) is 3.73. The number of nitrogens with zero attached hydrogens (tertiary/aromatic N) is 4. The molecule has 1 aliphatic rings. The fraction of sp³-hybridized carbons (Fsp3) is 0.364. The van der Waals surface area contributed by atoms with Crippen LogP contribution >= 0.6 is 0 Å². The topological polar surface area (TPSA) is 70.7 Å². The van der Waals surface area contributed by atoms with E-state index in [1.165, 1.54) is 0 Å². The van der Waals surface area contributed by atoms with E-state index >= 15 is 0 Å². The first-order valence-electron chi connectivity index (χ1n) is 5.52. The van der Waals surface area contributed by atoms with Gasteiger partial charge in [-0.2, -0.15) is 5.10 Å². The van der Waals surface area contributed by atoms with E-state index in [2.05, 4.69) is 10.1 Å². The number of aromatic nitrogens is 3. The third-order valence-electron chi connectivity index (χ3n) is 3.10. The van der Waals surface area contributed by atoms with Crippen molar-refractivity contribution in [2.24, 2.45) is 5.92 Å². The van der Waals surface area contributed by atoms with Gasteiger partial charge in [0.05, 0.1) is 12.1 Å². The van der Waals surface area contributed by atoms with E-state index in [1.54, 1.807) is 10.7 Å². The van der Waals surface area contributed by atoms with E-state index in [4.69, 9.17) is 5.11 Å². The Morgan fingerprint density at radius 2 is 2.35 bits per heavy atom. The number of fused-ring (bicyclic) bond motifs is 1. The summed E-state index contributed by atoms with van der Waals surface area (Å²) in [6, 6.07) is 3.69. The largest absolute Gasteiger partial charge is 0.481 e. The zero-order valence-corrected chi connectivity index (χ0v) is 9.15. The Morgan fingerprint density at radius 1 is 1.47 bits per heavy atom. The number of anilines is 1. The van der Waals surface area contributed by atoms with Gasteiger partial charge in [-0.15, -0.1) is 0 Å². The number of aliphatic carboxylic acids is 1. The summed E-state index contributed by atoms with van der Waals surface area (Å²) in [5, 5.41) is 13.0. The minimum absolute atomic E-state index is 0.280. The Balaban J connectivity index is 1.87. The average Bonchev–Trinajstić information content (AvgIpc) is 2.97. The number of hydrogen-bond donors (Lipinski definition) is 1.